The maximum absolute atomic E-state index is 13.2. The van der Waals surface area contributed by atoms with Crippen LogP contribution in [0.1, 0.15) is 111 Å². The zero-order valence-electron chi connectivity index (χ0n) is 26.2. The van der Waals surface area contributed by atoms with E-state index in [2.05, 4.69) is 0 Å². The van der Waals surface area contributed by atoms with E-state index in [1.165, 1.54) is 12.8 Å². The molecule has 4 rings (SSSR count). The molecule has 0 N–H and O–H groups in total. The van der Waals surface area contributed by atoms with E-state index in [0.717, 1.165) is 89.2 Å². The molecular formula is C34H36Cl6O8. The molecule has 0 bridgehead atoms. The third kappa shape index (κ3) is 10.5. The fraction of sp³-hybridized carbons (Fsp3) is 0.529. The lowest BCUT2D eigenvalue weighted by molar-refractivity contribution is -0.156. The van der Waals surface area contributed by atoms with Crippen LogP contribution in [0.25, 0.3) is 0 Å². The van der Waals surface area contributed by atoms with E-state index in [0.29, 0.717) is 0 Å². The van der Waals surface area contributed by atoms with Crippen LogP contribution in [0, 0.1) is 11.8 Å². The second-order valence-corrected chi connectivity index (χ2v) is 14.5. The first-order valence-electron chi connectivity index (χ1n) is 16.1. The van der Waals surface area contributed by atoms with Crippen LogP contribution < -0.4 is 9.47 Å². The lowest BCUT2D eigenvalue weighted by Crippen LogP contribution is -2.28. The molecule has 2 aliphatic carbocycles. The van der Waals surface area contributed by atoms with Crippen LogP contribution in [0.5, 0.6) is 11.5 Å². The number of esters is 4. The van der Waals surface area contributed by atoms with Crippen molar-refractivity contribution >= 4 is 93.5 Å². The fourth-order valence-electron chi connectivity index (χ4n) is 5.94. The molecule has 0 saturated heterocycles. The smallest absolute Gasteiger partial charge is 0.423 e. The van der Waals surface area contributed by atoms with Crippen molar-refractivity contribution < 1.29 is 38.1 Å². The highest BCUT2D eigenvalue weighted by molar-refractivity contribution is 6.47. The summed E-state index contributed by atoms with van der Waals surface area (Å²) in [4.78, 5) is 52.6. The van der Waals surface area contributed by atoms with Crippen LogP contribution in [-0.2, 0) is 19.1 Å². The molecule has 48 heavy (non-hydrogen) atoms. The number of benzene rings is 2. The summed E-state index contributed by atoms with van der Waals surface area (Å²) in [5, 5.41) is -1.38. The van der Waals surface area contributed by atoms with Crippen molar-refractivity contribution in [3.63, 3.8) is 0 Å². The average Bonchev–Trinajstić information content (AvgIpc) is 3.01. The van der Waals surface area contributed by atoms with Crippen molar-refractivity contribution in [2.45, 2.75) is 89.9 Å². The number of hydrogen-bond donors (Lipinski definition) is 0. The van der Waals surface area contributed by atoms with Gasteiger partial charge in [0, 0.05) is 0 Å². The van der Waals surface area contributed by atoms with Gasteiger partial charge < -0.3 is 18.9 Å². The van der Waals surface area contributed by atoms with Gasteiger partial charge in [0.25, 0.3) is 0 Å². The monoisotopic (exact) mass is 782 g/mol. The molecule has 14 heteroatoms. The Hall–Kier alpha value is -1.94. The van der Waals surface area contributed by atoms with Gasteiger partial charge in [-0.15, -0.1) is 0 Å². The Morgan fingerprint density at radius 3 is 1.15 bits per heavy atom. The highest BCUT2D eigenvalue weighted by Crippen LogP contribution is 2.42. The highest BCUT2D eigenvalue weighted by Gasteiger charge is 2.32. The molecule has 0 radical (unpaired) electrons. The molecule has 2 aromatic rings. The lowest BCUT2D eigenvalue weighted by atomic mass is 9.92. The van der Waals surface area contributed by atoms with E-state index in [1.807, 2.05) is 0 Å². The Bertz CT molecular complexity index is 1390. The van der Waals surface area contributed by atoms with Crippen LogP contribution in [0.3, 0.4) is 0 Å². The number of halogens is 6. The second-order valence-electron chi connectivity index (χ2n) is 12.1. The van der Waals surface area contributed by atoms with Gasteiger partial charge in [0.2, 0.25) is 0 Å². The van der Waals surface area contributed by atoms with E-state index in [1.54, 1.807) is 0 Å². The number of ether oxygens (including phenoxy) is 4. The van der Waals surface area contributed by atoms with Crippen molar-refractivity contribution in [1.82, 2.24) is 0 Å². The maximum Gasteiger partial charge on any atom is 0.423 e. The van der Waals surface area contributed by atoms with Gasteiger partial charge >= 0.3 is 23.9 Å². The Balaban J connectivity index is 1.51. The zero-order valence-corrected chi connectivity index (χ0v) is 30.7. The number of carbonyl (C=O) groups is 4. The minimum atomic E-state index is -1.62. The van der Waals surface area contributed by atoms with Gasteiger partial charge in [0.1, 0.15) is 11.1 Å². The highest BCUT2D eigenvalue weighted by atomic mass is 35.5. The van der Waals surface area contributed by atoms with Crippen LogP contribution >= 0.6 is 69.6 Å². The van der Waals surface area contributed by atoms with Crippen molar-refractivity contribution in [2.24, 2.45) is 11.8 Å². The standard InChI is InChI=1S/C34H36Cl6O8/c35-21-15-23(37)29(25(27(21)39)31(41)45-17-19-11-7-3-1-4-8-12-19)47-33(43)34(44)48-30-24(38)16-22(36)28(40)26(30)32(42)46-18-20-13-9-5-2-6-10-14-20/h15-16,19-20H,1-14,17-18H2. The van der Waals surface area contributed by atoms with Gasteiger partial charge in [0.05, 0.1) is 43.3 Å². The molecule has 0 atom stereocenters. The lowest BCUT2D eigenvalue weighted by Gasteiger charge is -2.20. The van der Waals surface area contributed by atoms with Gasteiger partial charge in [-0.2, -0.15) is 0 Å². The molecule has 2 fully saturated rings. The first-order chi connectivity index (χ1) is 23.0. The van der Waals surface area contributed by atoms with Crippen LogP contribution in [0.4, 0.5) is 0 Å². The first kappa shape index (κ1) is 38.9. The van der Waals surface area contributed by atoms with Crippen LogP contribution in [0.15, 0.2) is 12.1 Å². The van der Waals surface area contributed by atoms with Gasteiger partial charge in [-0.25, -0.2) is 19.2 Å². The molecular weight excluding hydrogens is 749 g/mol. The van der Waals surface area contributed by atoms with Gasteiger partial charge in [-0.1, -0.05) is 134 Å². The summed E-state index contributed by atoms with van der Waals surface area (Å²) in [6.45, 7) is 0.230. The minimum Gasteiger partial charge on any atom is -0.462 e. The Kier molecular flexibility index (Phi) is 15.3. The predicted molar refractivity (Wildman–Crippen MR) is 186 cm³/mol. The Morgan fingerprint density at radius 1 is 0.500 bits per heavy atom. The molecule has 0 aliphatic heterocycles. The summed E-state index contributed by atoms with van der Waals surface area (Å²) in [7, 11) is 0. The zero-order chi connectivity index (χ0) is 34.8. The second kappa shape index (κ2) is 18.9. The normalized spacial score (nSPS) is 16.5. The van der Waals surface area contributed by atoms with Crippen molar-refractivity contribution in [3.05, 3.63) is 53.4 Å². The summed E-state index contributed by atoms with van der Waals surface area (Å²) < 4.78 is 21.6. The van der Waals surface area contributed by atoms with E-state index in [9.17, 15) is 19.2 Å². The van der Waals surface area contributed by atoms with Gasteiger partial charge in [-0.3, -0.25) is 0 Å². The number of rotatable bonds is 8. The largest absolute Gasteiger partial charge is 0.462 e. The maximum atomic E-state index is 13.2. The third-order valence-corrected chi connectivity index (χ3v) is 10.7. The number of hydrogen-bond acceptors (Lipinski definition) is 8. The van der Waals surface area contributed by atoms with Crippen LogP contribution in [0.2, 0.25) is 30.1 Å². The molecule has 0 heterocycles. The quantitative estimate of drug-likeness (QED) is 0.113. The summed E-state index contributed by atoms with van der Waals surface area (Å²) in [5.74, 6) is -5.95. The molecule has 0 amide bonds. The van der Waals surface area contributed by atoms with Crippen molar-refractivity contribution in [1.29, 1.82) is 0 Å². The fourth-order valence-corrected chi connectivity index (χ4v) is 7.37. The Labute approximate surface area is 309 Å². The van der Waals surface area contributed by atoms with E-state index < -0.39 is 46.5 Å². The van der Waals surface area contributed by atoms with Crippen molar-refractivity contribution in [3.8, 4) is 11.5 Å². The third-order valence-electron chi connectivity index (χ3n) is 8.57. The van der Waals surface area contributed by atoms with Crippen molar-refractivity contribution in [2.75, 3.05) is 13.2 Å². The summed E-state index contributed by atoms with van der Waals surface area (Å²) >= 11 is 37.6. The predicted octanol–water partition coefficient (Wildman–Crippen LogP) is 11.2. The van der Waals surface area contributed by atoms with E-state index in [-0.39, 0.29) is 55.2 Å². The van der Waals surface area contributed by atoms with E-state index >= 15 is 0 Å². The molecule has 0 spiro atoms. The van der Waals surface area contributed by atoms with Gasteiger partial charge in [-0.05, 0) is 49.7 Å². The first-order valence-corrected chi connectivity index (χ1v) is 18.4. The topological polar surface area (TPSA) is 105 Å². The summed E-state index contributed by atoms with van der Waals surface area (Å²) in [6, 6.07) is 2.29. The molecule has 0 aromatic heterocycles. The molecule has 2 aliphatic rings. The Morgan fingerprint density at radius 2 is 0.812 bits per heavy atom. The van der Waals surface area contributed by atoms with Gasteiger partial charge in [0.15, 0.2) is 11.5 Å². The van der Waals surface area contributed by atoms with Crippen LogP contribution in [-0.4, -0.2) is 37.1 Å². The summed E-state index contributed by atoms with van der Waals surface area (Å²) in [6.07, 6.45) is 14.6. The molecule has 0 unspecified atom stereocenters. The molecule has 2 saturated carbocycles. The number of carbonyl (C=O) groups excluding carboxylic acids is 4. The molecule has 2 aromatic carbocycles. The molecule has 262 valence electrons. The summed E-state index contributed by atoms with van der Waals surface area (Å²) in [5.41, 5.74) is -0.876. The average molecular weight is 785 g/mol. The minimum absolute atomic E-state index is 0.105. The SMILES string of the molecule is O=C(Oc1c(Cl)cc(Cl)c(Cl)c1C(=O)OCC1CCCCCCC1)C(=O)Oc1c(Cl)cc(Cl)c(Cl)c1C(=O)OCC1CCCCCCC1. The molecule has 8 nitrogen and oxygen atoms in total. The van der Waals surface area contributed by atoms with E-state index in [4.69, 9.17) is 88.6 Å².